The van der Waals surface area contributed by atoms with Gasteiger partial charge in [0.2, 0.25) is 0 Å². The van der Waals surface area contributed by atoms with Crippen LogP contribution in [0.4, 0.5) is 57.1 Å². The second-order valence-electron chi connectivity index (χ2n) is 9.19. The van der Waals surface area contributed by atoms with E-state index in [1.54, 1.807) is 0 Å². The number of carbonyl (C=O) groups is 3. The first-order valence-electron chi connectivity index (χ1n) is 10.9. The summed E-state index contributed by atoms with van der Waals surface area (Å²) >= 11 is 0. The van der Waals surface area contributed by atoms with Crippen molar-refractivity contribution in [1.29, 1.82) is 0 Å². The highest BCUT2D eigenvalue weighted by Crippen LogP contribution is 2.60. The van der Waals surface area contributed by atoms with E-state index in [2.05, 4.69) is 27.4 Å². The minimum absolute atomic E-state index is 0.200. The molecule has 0 aromatic rings. The molecule has 0 spiro atoms. The van der Waals surface area contributed by atoms with Crippen LogP contribution in [0.3, 0.4) is 0 Å². The Morgan fingerprint density at radius 2 is 1.14 bits per heavy atom. The molecule has 20 heteroatoms. The van der Waals surface area contributed by atoms with E-state index < -0.39 is 97.0 Å². The standard InChI is InChI=1S/C22H23F13O7/c1-10(2)13(37)41-9-16(5,8-36)15(39)40-7-12(42-14(38)11(3)4)6-17(23,24)18(25,26)19(27,28)20(29,30)21(31,32)22(33,34)35/h12,36H,1,3,6-9H2,2,4-5H3. The van der Waals surface area contributed by atoms with E-state index in [1.165, 1.54) is 0 Å². The summed E-state index contributed by atoms with van der Waals surface area (Å²) in [5.74, 6) is -43.1. The lowest BCUT2D eigenvalue weighted by molar-refractivity contribution is -0.440. The van der Waals surface area contributed by atoms with Gasteiger partial charge in [0.25, 0.3) is 0 Å². The van der Waals surface area contributed by atoms with E-state index in [-0.39, 0.29) is 5.57 Å². The summed E-state index contributed by atoms with van der Waals surface area (Å²) in [7, 11) is 0. The normalized spacial score (nSPS) is 15.7. The van der Waals surface area contributed by atoms with E-state index in [0.29, 0.717) is 0 Å². The van der Waals surface area contributed by atoms with Crippen molar-refractivity contribution in [2.24, 2.45) is 5.41 Å². The fraction of sp³-hybridized carbons (Fsp3) is 0.682. The number of esters is 3. The van der Waals surface area contributed by atoms with Crippen LogP contribution in [0.1, 0.15) is 27.2 Å². The monoisotopic (exact) mass is 646 g/mol. The molecule has 2 atom stereocenters. The average molecular weight is 646 g/mol. The summed E-state index contributed by atoms with van der Waals surface area (Å²) in [6, 6.07) is 0. The molecule has 0 aliphatic carbocycles. The molecule has 0 bridgehead atoms. The molecular weight excluding hydrogens is 623 g/mol. The maximum atomic E-state index is 14.4. The topological polar surface area (TPSA) is 99.1 Å². The van der Waals surface area contributed by atoms with Gasteiger partial charge in [-0.1, -0.05) is 13.2 Å². The molecule has 0 amide bonds. The number of hydrogen-bond donors (Lipinski definition) is 1. The van der Waals surface area contributed by atoms with E-state index in [1.807, 2.05) is 0 Å². The molecule has 0 heterocycles. The Labute approximate surface area is 228 Å². The Bertz CT molecular complexity index is 1050. The van der Waals surface area contributed by atoms with Crippen LogP contribution in [-0.2, 0) is 28.6 Å². The molecule has 244 valence electrons. The molecule has 0 saturated carbocycles. The van der Waals surface area contributed by atoms with Gasteiger partial charge in [-0.15, -0.1) is 0 Å². The summed E-state index contributed by atoms with van der Waals surface area (Å²) in [6.45, 7) is 4.98. The number of alkyl halides is 13. The quantitative estimate of drug-likeness (QED) is 0.112. The van der Waals surface area contributed by atoms with Gasteiger partial charge in [-0.25, -0.2) is 9.59 Å². The zero-order valence-corrected chi connectivity index (χ0v) is 21.6. The first-order valence-corrected chi connectivity index (χ1v) is 10.9. The van der Waals surface area contributed by atoms with Gasteiger partial charge in [-0.3, -0.25) is 4.79 Å². The molecular formula is C22H23F13O7. The van der Waals surface area contributed by atoms with Crippen LogP contribution in [0.5, 0.6) is 0 Å². The molecule has 1 N–H and O–H groups in total. The van der Waals surface area contributed by atoms with Gasteiger partial charge in [0, 0.05) is 11.1 Å². The maximum absolute atomic E-state index is 14.4. The molecule has 0 rings (SSSR count). The Kier molecular flexibility index (Phi) is 11.7. The van der Waals surface area contributed by atoms with E-state index >= 15 is 0 Å². The Morgan fingerprint density at radius 1 is 0.714 bits per heavy atom. The molecule has 2 unspecified atom stereocenters. The molecule has 0 fully saturated rings. The largest absolute Gasteiger partial charge is 0.461 e. The molecule has 0 aliphatic heterocycles. The lowest BCUT2D eigenvalue weighted by atomic mass is 9.91. The number of hydrogen-bond acceptors (Lipinski definition) is 7. The predicted octanol–water partition coefficient (Wildman–Crippen LogP) is 5.26. The van der Waals surface area contributed by atoms with Crippen LogP contribution in [0, 0.1) is 5.41 Å². The summed E-state index contributed by atoms with van der Waals surface area (Å²) < 4.78 is 188. The maximum Gasteiger partial charge on any atom is 0.460 e. The van der Waals surface area contributed by atoms with Crippen LogP contribution < -0.4 is 0 Å². The highest BCUT2D eigenvalue weighted by Gasteiger charge is 2.90. The number of halogens is 13. The van der Waals surface area contributed by atoms with E-state index in [0.717, 1.165) is 20.8 Å². The summed E-state index contributed by atoms with van der Waals surface area (Å²) in [5.41, 5.74) is -3.12. The van der Waals surface area contributed by atoms with Crippen molar-refractivity contribution in [2.45, 2.75) is 69.1 Å². The van der Waals surface area contributed by atoms with Crippen LogP contribution in [-0.4, -0.2) is 84.7 Å². The highest BCUT2D eigenvalue weighted by atomic mass is 19.4. The molecule has 0 aliphatic rings. The summed E-state index contributed by atoms with van der Waals surface area (Å²) in [4.78, 5) is 35.6. The van der Waals surface area contributed by atoms with Gasteiger partial charge < -0.3 is 19.3 Å². The van der Waals surface area contributed by atoms with Crippen molar-refractivity contribution in [3.8, 4) is 0 Å². The van der Waals surface area contributed by atoms with Gasteiger partial charge in [-0.2, -0.15) is 57.1 Å². The molecule has 0 radical (unpaired) electrons. The van der Waals surface area contributed by atoms with Gasteiger partial charge in [0.15, 0.2) is 0 Å². The van der Waals surface area contributed by atoms with Gasteiger partial charge in [0.1, 0.15) is 24.7 Å². The third-order valence-corrected chi connectivity index (χ3v) is 5.22. The summed E-state index contributed by atoms with van der Waals surface area (Å²) in [5, 5.41) is 9.45. The minimum Gasteiger partial charge on any atom is -0.461 e. The van der Waals surface area contributed by atoms with Crippen molar-refractivity contribution in [3.63, 3.8) is 0 Å². The Morgan fingerprint density at radius 3 is 1.52 bits per heavy atom. The van der Waals surface area contributed by atoms with Crippen LogP contribution >= 0.6 is 0 Å². The first-order chi connectivity index (χ1) is 18.5. The van der Waals surface area contributed by atoms with Crippen molar-refractivity contribution in [1.82, 2.24) is 0 Å². The minimum atomic E-state index is -8.15. The van der Waals surface area contributed by atoms with Crippen molar-refractivity contribution in [3.05, 3.63) is 24.3 Å². The second kappa shape index (κ2) is 12.7. The zero-order valence-electron chi connectivity index (χ0n) is 21.6. The highest BCUT2D eigenvalue weighted by molar-refractivity contribution is 5.87. The third-order valence-electron chi connectivity index (χ3n) is 5.22. The van der Waals surface area contributed by atoms with Crippen LogP contribution in [0.2, 0.25) is 0 Å². The number of carbonyl (C=O) groups excluding carboxylic acids is 3. The number of ether oxygens (including phenoxy) is 3. The SMILES string of the molecule is C=C(C)C(=O)OCC(C)(CO)C(=O)OCC(CC(F)(F)C(F)(F)C(F)(F)C(F)(F)C(F)(F)C(F)(F)F)OC(=O)C(=C)C. The number of aliphatic hydroxyl groups excluding tert-OH is 1. The first kappa shape index (κ1) is 38.9. The molecule has 0 saturated heterocycles. The third kappa shape index (κ3) is 7.66. The Balaban J connectivity index is 6.32. The van der Waals surface area contributed by atoms with Crippen molar-refractivity contribution >= 4 is 17.9 Å². The lowest BCUT2D eigenvalue weighted by Gasteiger charge is -2.40. The fourth-order valence-electron chi connectivity index (χ4n) is 2.46. The van der Waals surface area contributed by atoms with Crippen molar-refractivity contribution < 1.29 is 90.8 Å². The smallest absolute Gasteiger partial charge is 0.460 e. The van der Waals surface area contributed by atoms with Crippen LogP contribution in [0.15, 0.2) is 24.3 Å². The molecule has 0 aromatic carbocycles. The van der Waals surface area contributed by atoms with Gasteiger partial charge >= 0.3 is 53.7 Å². The van der Waals surface area contributed by atoms with Gasteiger partial charge in [-0.05, 0) is 20.8 Å². The van der Waals surface area contributed by atoms with Crippen LogP contribution in [0.25, 0.3) is 0 Å². The molecule has 42 heavy (non-hydrogen) atoms. The van der Waals surface area contributed by atoms with Crippen molar-refractivity contribution in [2.75, 3.05) is 19.8 Å². The second-order valence-corrected chi connectivity index (χ2v) is 9.19. The Hall–Kier alpha value is -3.06. The van der Waals surface area contributed by atoms with E-state index in [4.69, 9.17) is 0 Å². The molecule has 7 nitrogen and oxygen atoms in total. The van der Waals surface area contributed by atoms with Gasteiger partial charge in [0.05, 0.1) is 13.0 Å². The fourth-order valence-corrected chi connectivity index (χ4v) is 2.46. The summed E-state index contributed by atoms with van der Waals surface area (Å²) in [6.07, 6.45) is -13.6. The number of aliphatic hydroxyl groups is 1. The average Bonchev–Trinajstić information content (AvgIpc) is 2.83. The lowest BCUT2D eigenvalue weighted by Crippen LogP contribution is -2.70. The number of rotatable bonds is 15. The van der Waals surface area contributed by atoms with E-state index in [9.17, 15) is 76.6 Å². The molecule has 0 aromatic heterocycles. The predicted molar refractivity (Wildman–Crippen MR) is 112 cm³/mol. The zero-order chi connectivity index (χ0) is 33.9.